The van der Waals surface area contributed by atoms with Gasteiger partial charge in [-0.05, 0) is 50.3 Å². The zero-order valence-electron chi connectivity index (χ0n) is 18.5. The van der Waals surface area contributed by atoms with Crippen LogP contribution in [0, 0.1) is 13.8 Å². The van der Waals surface area contributed by atoms with Crippen molar-refractivity contribution in [3.8, 4) is 5.69 Å². The van der Waals surface area contributed by atoms with E-state index in [0.29, 0.717) is 17.5 Å². The van der Waals surface area contributed by atoms with Crippen LogP contribution in [0.25, 0.3) is 5.69 Å². The molecule has 0 unspecified atom stereocenters. The number of hydrogen-bond donors (Lipinski definition) is 1. The van der Waals surface area contributed by atoms with Crippen molar-refractivity contribution in [3.63, 3.8) is 0 Å². The molecule has 1 saturated heterocycles. The molecule has 3 aromatic rings. The number of rotatable bonds is 5. The molecule has 9 nitrogen and oxygen atoms in total. The minimum Gasteiger partial charge on any atom is -0.381 e. The van der Waals surface area contributed by atoms with Crippen molar-refractivity contribution in [3.05, 3.63) is 58.2 Å². The molecule has 2 aliphatic rings. The van der Waals surface area contributed by atoms with Crippen LogP contribution in [-0.4, -0.2) is 56.8 Å². The van der Waals surface area contributed by atoms with Crippen LogP contribution in [0.5, 0.6) is 0 Å². The van der Waals surface area contributed by atoms with Gasteiger partial charge in [-0.3, -0.25) is 9.69 Å². The lowest BCUT2D eigenvalue weighted by Crippen LogP contribution is -2.42. The maximum Gasteiger partial charge on any atom is 0.274 e. The summed E-state index contributed by atoms with van der Waals surface area (Å²) in [6.45, 7) is 7.64. The summed E-state index contributed by atoms with van der Waals surface area (Å²) in [6.07, 6.45) is 3.15. The van der Waals surface area contributed by atoms with Crippen molar-refractivity contribution in [2.24, 2.45) is 0 Å². The van der Waals surface area contributed by atoms with Gasteiger partial charge in [-0.2, -0.15) is 0 Å². The highest BCUT2D eigenvalue weighted by atomic mass is 16.5. The number of benzene rings is 1. The van der Waals surface area contributed by atoms with Gasteiger partial charge in [-0.25, -0.2) is 4.68 Å². The summed E-state index contributed by atoms with van der Waals surface area (Å²) in [4.78, 5) is 15.3. The molecule has 1 aromatic carbocycles. The van der Waals surface area contributed by atoms with E-state index in [1.807, 2.05) is 13.8 Å². The van der Waals surface area contributed by atoms with Gasteiger partial charge in [0, 0.05) is 38.4 Å². The topological polar surface area (TPSA) is 98.3 Å². The molecule has 9 heteroatoms. The van der Waals surface area contributed by atoms with E-state index in [-0.39, 0.29) is 12.5 Å². The lowest BCUT2D eigenvalue weighted by atomic mass is 9.95. The van der Waals surface area contributed by atoms with Crippen molar-refractivity contribution in [2.75, 3.05) is 19.8 Å². The Kier molecular flexibility index (Phi) is 5.75. The fraction of sp³-hybridized carbons (Fsp3) is 0.478. The van der Waals surface area contributed by atoms with Crippen LogP contribution in [0.4, 0.5) is 0 Å². The third-order valence-electron chi connectivity index (χ3n) is 6.42. The molecular weight excluding hydrogens is 408 g/mol. The summed E-state index contributed by atoms with van der Waals surface area (Å²) in [6, 6.07) is 8.71. The van der Waals surface area contributed by atoms with Crippen molar-refractivity contribution >= 4 is 5.91 Å². The van der Waals surface area contributed by atoms with Crippen LogP contribution >= 0.6 is 0 Å². The van der Waals surface area contributed by atoms with Gasteiger partial charge >= 0.3 is 0 Å². The third kappa shape index (κ3) is 4.05. The second kappa shape index (κ2) is 8.84. The van der Waals surface area contributed by atoms with Crippen LogP contribution in [0.1, 0.15) is 51.6 Å². The quantitative estimate of drug-likeness (QED) is 0.655. The highest BCUT2D eigenvalue weighted by Crippen LogP contribution is 2.29. The number of fused-ring (bicyclic) bond motifs is 1. The summed E-state index contributed by atoms with van der Waals surface area (Å²) in [5.74, 6) is 0.324. The SMILES string of the molecule is Cc1cc(CNC(=O)c2nnn(-c3cccc4c3CCN(C3CCOCC3)C4)c2C)on1. The van der Waals surface area contributed by atoms with Crippen molar-refractivity contribution < 1.29 is 14.1 Å². The molecule has 5 rings (SSSR count). The van der Waals surface area contributed by atoms with E-state index < -0.39 is 0 Å². The molecule has 1 fully saturated rings. The maximum absolute atomic E-state index is 12.7. The lowest BCUT2D eigenvalue weighted by Gasteiger charge is -2.38. The number of aryl methyl sites for hydroxylation is 1. The Balaban J connectivity index is 1.34. The molecule has 2 aromatic heterocycles. The van der Waals surface area contributed by atoms with E-state index in [1.54, 1.807) is 10.7 Å². The van der Waals surface area contributed by atoms with Gasteiger partial charge in [0.25, 0.3) is 5.91 Å². The number of nitrogens with one attached hydrogen (secondary N) is 1. The minimum absolute atomic E-state index is 0.259. The molecule has 32 heavy (non-hydrogen) atoms. The van der Waals surface area contributed by atoms with Gasteiger partial charge in [0.1, 0.15) is 0 Å². The minimum atomic E-state index is -0.279. The molecule has 0 bridgehead atoms. The van der Waals surface area contributed by atoms with Gasteiger partial charge in [0.2, 0.25) is 0 Å². The van der Waals surface area contributed by atoms with Crippen LogP contribution < -0.4 is 5.32 Å². The fourth-order valence-corrected chi connectivity index (χ4v) is 4.69. The zero-order valence-corrected chi connectivity index (χ0v) is 18.5. The number of nitrogens with zero attached hydrogens (tertiary/aromatic N) is 5. The summed E-state index contributed by atoms with van der Waals surface area (Å²) in [5, 5.41) is 15.2. The first-order valence-corrected chi connectivity index (χ1v) is 11.2. The zero-order chi connectivity index (χ0) is 22.1. The Labute approximate surface area is 186 Å². The largest absolute Gasteiger partial charge is 0.381 e. The van der Waals surface area contributed by atoms with Crippen LogP contribution in [-0.2, 0) is 24.2 Å². The Hall–Kier alpha value is -3.04. The molecule has 1 N–H and O–H groups in total. The highest BCUT2D eigenvalue weighted by Gasteiger charge is 2.27. The maximum atomic E-state index is 12.7. The Morgan fingerprint density at radius 1 is 1.25 bits per heavy atom. The molecule has 0 radical (unpaired) electrons. The van der Waals surface area contributed by atoms with E-state index in [9.17, 15) is 4.79 Å². The first-order valence-electron chi connectivity index (χ1n) is 11.2. The highest BCUT2D eigenvalue weighted by molar-refractivity contribution is 5.93. The normalized spacial score (nSPS) is 17.3. The Bertz CT molecular complexity index is 1110. The number of hydrogen-bond acceptors (Lipinski definition) is 7. The van der Waals surface area contributed by atoms with E-state index in [1.165, 1.54) is 11.1 Å². The lowest BCUT2D eigenvalue weighted by molar-refractivity contribution is 0.0290. The molecule has 1 amide bonds. The first kappa shape index (κ1) is 20.8. The van der Waals surface area contributed by atoms with E-state index in [4.69, 9.17) is 9.26 Å². The van der Waals surface area contributed by atoms with Crippen molar-refractivity contribution in [2.45, 2.75) is 52.2 Å². The molecular formula is C23H28N6O3. The van der Waals surface area contributed by atoms with Gasteiger partial charge in [0.05, 0.1) is 23.6 Å². The summed E-state index contributed by atoms with van der Waals surface area (Å²) in [5.41, 5.74) is 5.43. The molecule has 168 valence electrons. The monoisotopic (exact) mass is 436 g/mol. The van der Waals surface area contributed by atoms with Gasteiger partial charge in [-0.1, -0.05) is 22.5 Å². The standard InChI is InChI=1S/C23H28N6O3/c1-15-12-19(32-26-15)13-24-23(30)22-16(2)29(27-25-22)21-5-3-4-17-14-28(9-6-20(17)21)18-7-10-31-11-8-18/h3-5,12,18H,6-11,13-14H2,1-2H3,(H,24,30). The number of amides is 1. The Morgan fingerprint density at radius 2 is 2.09 bits per heavy atom. The predicted molar refractivity (Wildman–Crippen MR) is 116 cm³/mol. The average molecular weight is 437 g/mol. The molecule has 0 saturated carbocycles. The first-order chi connectivity index (χ1) is 15.6. The van der Waals surface area contributed by atoms with E-state index >= 15 is 0 Å². The third-order valence-corrected chi connectivity index (χ3v) is 6.42. The fourth-order valence-electron chi connectivity index (χ4n) is 4.69. The average Bonchev–Trinajstić information content (AvgIpc) is 3.42. The summed E-state index contributed by atoms with van der Waals surface area (Å²) in [7, 11) is 0. The number of ether oxygens (including phenoxy) is 1. The Morgan fingerprint density at radius 3 is 2.88 bits per heavy atom. The van der Waals surface area contributed by atoms with Gasteiger partial charge in [0.15, 0.2) is 11.5 Å². The molecule has 0 aliphatic carbocycles. The summed E-state index contributed by atoms with van der Waals surface area (Å²) < 4.78 is 12.5. The van der Waals surface area contributed by atoms with Crippen LogP contribution in [0.3, 0.4) is 0 Å². The number of carbonyl (C=O) groups excluding carboxylic acids is 1. The van der Waals surface area contributed by atoms with E-state index in [0.717, 1.165) is 62.6 Å². The summed E-state index contributed by atoms with van der Waals surface area (Å²) >= 11 is 0. The second-order valence-electron chi connectivity index (χ2n) is 8.53. The predicted octanol–water partition coefficient (Wildman–Crippen LogP) is 2.34. The number of carbonyl (C=O) groups is 1. The number of aromatic nitrogens is 4. The molecule has 0 spiro atoms. The molecule has 0 atom stereocenters. The smallest absolute Gasteiger partial charge is 0.274 e. The second-order valence-corrected chi connectivity index (χ2v) is 8.53. The van der Waals surface area contributed by atoms with E-state index in [2.05, 4.69) is 43.9 Å². The van der Waals surface area contributed by atoms with Crippen LogP contribution in [0.2, 0.25) is 0 Å². The molecule has 2 aliphatic heterocycles. The van der Waals surface area contributed by atoms with Crippen molar-refractivity contribution in [1.82, 2.24) is 30.4 Å². The molecule has 4 heterocycles. The van der Waals surface area contributed by atoms with Crippen LogP contribution in [0.15, 0.2) is 28.8 Å². The van der Waals surface area contributed by atoms with Gasteiger partial charge < -0.3 is 14.6 Å². The van der Waals surface area contributed by atoms with Crippen molar-refractivity contribution in [1.29, 1.82) is 0 Å². The van der Waals surface area contributed by atoms with Gasteiger partial charge in [-0.15, -0.1) is 5.10 Å².